The van der Waals surface area contributed by atoms with Crippen LogP contribution in [0.5, 0.6) is 0 Å². The normalized spacial score (nSPS) is 15.6. The van der Waals surface area contributed by atoms with Gasteiger partial charge in [0.15, 0.2) is 5.78 Å². The first kappa shape index (κ1) is 18.2. The molecule has 1 aliphatic rings. The van der Waals surface area contributed by atoms with Crippen LogP contribution in [0, 0.1) is 10.8 Å². The molecule has 1 aromatic rings. The van der Waals surface area contributed by atoms with Crippen molar-refractivity contribution in [1.29, 1.82) is 0 Å². The molecule has 0 radical (unpaired) electrons. The van der Waals surface area contributed by atoms with Crippen molar-refractivity contribution in [3.05, 3.63) is 76.6 Å². The summed E-state index contributed by atoms with van der Waals surface area (Å²) in [5.41, 5.74) is 7.02. The molecule has 0 aliphatic heterocycles. The first-order chi connectivity index (χ1) is 11.1. The molecule has 0 amide bonds. The van der Waals surface area contributed by atoms with Crippen LogP contribution >= 0.6 is 0 Å². The second kappa shape index (κ2) is 6.79. The number of Topliss-reactive ketones (excluding diaryl/α,β-unsaturated/α-hetero) is 1. The number of carbonyl (C=O) groups is 1. The number of rotatable bonds is 2. The van der Waals surface area contributed by atoms with E-state index in [0.29, 0.717) is 0 Å². The Morgan fingerprint density at radius 3 is 1.83 bits per heavy atom. The van der Waals surface area contributed by atoms with E-state index >= 15 is 0 Å². The summed E-state index contributed by atoms with van der Waals surface area (Å²) < 4.78 is 0. The molecule has 24 heavy (non-hydrogen) atoms. The van der Waals surface area contributed by atoms with Crippen LogP contribution < -0.4 is 0 Å². The average molecular weight is 320 g/mol. The molecule has 0 spiro atoms. The standard InChI is InChI=1S/C23H28O/c1-22(2,3)19-15-18(16-20(21(19)24)23(4,5)6)14-10-13-17-11-8-7-9-12-17/h7-12,15-16H,13H2,1-6H3. The fourth-order valence-electron chi connectivity index (χ4n) is 2.73. The molecule has 0 N–H and O–H groups in total. The van der Waals surface area contributed by atoms with Crippen LogP contribution in [0.25, 0.3) is 0 Å². The van der Waals surface area contributed by atoms with Crippen molar-refractivity contribution in [2.45, 2.75) is 48.0 Å². The molecule has 2 rings (SSSR count). The van der Waals surface area contributed by atoms with Crippen molar-refractivity contribution < 1.29 is 4.79 Å². The van der Waals surface area contributed by atoms with Gasteiger partial charge in [-0.05, 0) is 41.0 Å². The molecule has 1 aliphatic carbocycles. The third-order valence-corrected chi connectivity index (χ3v) is 4.15. The van der Waals surface area contributed by atoms with Crippen molar-refractivity contribution in [1.82, 2.24) is 0 Å². The minimum absolute atomic E-state index is 0.170. The van der Waals surface area contributed by atoms with Gasteiger partial charge in [-0.15, -0.1) is 5.73 Å². The zero-order valence-corrected chi connectivity index (χ0v) is 15.7. The molecule has 0 saturated carbocycles. The molecule has 0 aromatic heterocycles. The maximum Gasteiger partial charge on any atom is 0.186 e. The van der Waals surface area contributed by atoms with E-state index in [1.807, 2.05) is 36.4 Å². The highest BCUT2D eigenvalue weighted by Gasteiger charge is 2.33. The first-order valence-electron chi connectivity index (χ1n) is 8.57. The van der Waals surface area contributed by atoms with E-state index in [2.05, 4.69) is 59.4 Å². The van der Waals surface area contributed by atoms with E-state index in [-0.39, 0.29) is 16.6 Å². The first-order valence-corrected chi connectivity index (χ1v) is 8.57. The summed E-state index contributed by atoms with van der Waals surface area (Å²) in [6.07, 6.45) is 6.89. The summed E-state index contributed by atoms with van der Waals surface area (Å²) in [6.45, 7) is 12.5. The smallest absolute Gasteiger partial charge is 0.186 e. The van der Waals surface area contributed by atoms with E-state index in [9.17, 15) is 4.79 Å². The van der Waals surface area contributed by atoms with E-state index < -0.39 is 0 Å². The molecule has 0 saturated heterocycles. The minimum atomic E-state index is -0.172. The summed E-state index contributed by atoms with van der Waals surface area (Å²) in [6, 6.07) is 10.3. The van der Waals surface area contributed by atoms with E-state index in [0.717, 1.165) is 23.1 Å². The Morgan fingerprint density at radius 2 is 1.38 bits per heavy atom. The van der Waals surface area contributed by atoms with Crippen LogP contribution in [0.4, 0.5) is 0 Å². The van der Waals surface area contributed by atoms with Gasteiger partial charge in [0.05, 0.1) is 0 Å². The molecular weight excluding hydrogens is 292 g/mol. The van der Waals surface area contributed by atoms with Crippen molar-refractivity contribution in [3.8, 4) is 0 Å². The lowest BCUT2D eigenvalue weighted by molar-refractivity contribution is -0.114. The van der Waals surface area contributed by atoms with Crippen molar-refractivity contribution >= 4 is 5.78 Å². The van der Waals surface area contributed by atoms with Crippen LogP contribution in [0.3, 0.4) is 0 Å². The van der Waals surface area contributed by atoms with Gasteiger partial charge >= 0.3 is 0 Å². The number of hydrogen-bond donors (Lipinski definition) is 0. The van der Waals surface area contributed by atoms with Gasteiger partial charge in [-0.2, -0.15) is 0 Å². The molecule has 1 nitrogen and oxygen atoms in total. The topological polar surface area (TPSA) is 17.1 Å². The Hall–Kier alpha value is -2.11. The molecule has 0 fully saturated rings. The van der Waals surface area contributed by atoms with Crippen molar-refractivity contribution in [2.24, 2.45) is 10.8 Å². The van der Waals surface area contributed by atoms with E-state index in [1.165, 1.54) is 5.56 Å². The van der Waals surface area contributed by atoms with Crippen LogP contribution in [0.15, 0.2) is 71.0 Å². The van der Waals surface area contributed by atoms with Crippen LogP contribution in [0.2, 0.25) is 0 Å². The summed E-state index contributed by atoms with van der Waals surface area (Å²) in [5, 5.41) is 0. The lowest BCUT2D eigenvalue weighted by Gasteiger charge is -2.31. The van der Waals surface area contributed by atoms with E-state index in [4.69, 9.17) is 0 Å². The van der Waals surface area contributed by atoms with Crippen molar-refractivity contribution in [2.75, 3.05) is 0 Å². The maximum absolute atomic E-state index is 12.9. The number of ketones is 1. The largest absolute Gasteiger partial charge is 0.289 e. The van der Waals surface area contributed by atoms with Gasteiger partial charge in [0, 0.05) is 16.7 Å². The highest BCUT2D eigenvalue weighted by molar-refractivity contribution is 6.11. The fraction of sp³-hybridized carbons (Fsp3) is 0.391. The molecule has 0 atom stereocenters. The van der Waals surface area contributed by atoms with Crippen LogP contribution in [0.1, 0.15) is 47.1 Å². The number of hydrogen-bond acceptors (Lipinski definition) is 1. The second-order valence-electron chi connectivity index (χ2n) is 8.44. The summed E-state index contributed by atoms with van der Waals surface area (Å²) in [4.78, 5) is 12.9. The maximum atomic E-state index is 12.9. The SMILES string of the molecule is CC(C)(C)C1=CC(=C=CCc2ccccc2)C=C(C(C)(C)C)C1=O. The minimum Gasteiger partial charge on any atom is -0.289 e. The highest BCUT2D eigenvalue weighted by atomic mass is 16.1. The molecular formula is C23H28O. The predicted molar refractivity (Wildman–Crippen MR) is 102 cm³/mol. The lowest BCUT2D eigenvalue weighted by atomic mass is 9.72. The summed E-state index contributed by atoms with van der Waals surface area (Å²) in [5.74, 6) is 0.170. The van der Waals surface area contributed by atoms with Gasteiger partial charge in [-0.1, -0.05) is 71.9 Å². The Kier molecular flexibility index (Phi) is 5.16. The molecule has 126 valence electrons. The average Bonchev–Trinajstić information content (AvgIpc) is 2.47. The highest BCUT2D eigenvalue weighted by Crippen LogP contribution is 2.38. The monoisotopic (exact) mass is 320 g/mol. The summed E-state index contributed by atoms with van der Waals surface area (Å²) in [7, 11) is 0. The number of benzene rings is 1. The zero-order valence-electron chi connectivity index (χ0n) is 15.7. The molecule has 1 heteroatoms. The second-order valence-corrected chi connectivity index (χ2v) is 8.44. The Morgan fingerprint density at radius 1 is 0.875 bits per heavy atom. The molecule has 0 heterocycles. The van der Waals surface area contributed by atoms with Crippen molar-refractivity contribution in [3.63, 3.8) is 0 Å². The van der Waals surface area contributed by atoms with Crippen LogP contribution in [-0.4, -0.2) is 5.78 Å². The predicted octanol–water partition coefficient (Wildman–Crippen LogP) is 5.84. The van der Waals surface area contributed by atoms with Gasteiger partial charge in [-0.3, -0.25) is 4.79 Å². The lowest BCUT2D eigenvalue weighted by Crippen LogP contribution is -2.27. The van der Waals surface area contributed by atoms with Gasteiger partial charge < -0.3 is 0 Å². The summed E-state index contributed by atoms with van der Waals surface area (Å²) >= 11 is 0. The van der Waals surface area contributed by atoms with Gasteiger partial charge in [0.1, 0.15) is 0 Å². The molecule has 0 unspecified atom stereocenters. The van der Waals surface area contributed by atoms with Gasteiger partial charge in [0.25, 0.3) is 0 Å². The third-order valence-electron chi connectivity index (χ3n) is 4.15. The zero-order chi connectivity index (χ0) is 18.0. The quantitative estimate of drug-likeness (QED) is 0.626. The fourth-order valence-corrected chi connectivity index (χ4v) is 2.73. The number of carbonyl (C=O) groups excluding carboxylic acids is 1. The van der Waals surface area contributed by atoms with Crippen LogP contribution in [-0.2, 0) is 11.2 Å². The Labute approximate surface area is 146 Å². The molecule has 1 aromatic carbocycles. The van der Waals surface area contributed by atoms with Gasteiger partial charge in [0.2, 0.25) is 0 Å². The van der Waals surface area contributed by atoms with Gasteiger partial charge in [-0.25, -0.2) is 0 Å². The Bertz CT molecular complexity index is 701. The third kappa shape index (κ3) is 4.46. The molecule has 0 bridgehead atoms. The Balaban J connectivity index is 2.42. The van der Waals surface area contributed by atoms with E-state index in [1.54, 1.807) is 0 Å². The number of allylic oxidation sites excluding steroid dienone is 5.